The van der Waals surface area contributed by atoms with E-state index in [-0.39, 0.29) is 30.2 Å². The molecular formula is C24H30N2O5S. The van der Waals surface area contributed by atoms with E-state index in [0.29, 0.717) is 25.8 Å². The molecule has 0 aromatic heterocycles. The number of carboxylic acids is 1. The monoisotopic (exact) mass is 458 g/mol. The second-order valence-corrected chi connectivity index (χ2v) is 10.6. The number of fused-ring (bicyclic) bond motifs is 1. The van der Waals surface area contributed by atoms with E-state index in [1.807, 2.05) is 32.0 Å². The predicted octanol–water partition coefficient (Wildman–Crippen LogP) is 2.38. The van der Waals surface area contributed by atoms with Crippen LogP contribution in [0, 0.1) is 25.7 Å². The number of aryl methyl sites for hydroxylation is 2. The Bertz CT molecular complexity index is 945. The highest BCUT2D eigenvalue weighted by atomic mass is 32.2. The molecule has 3 heterocycles. The summed E-state index contributed by atoms with van der Waals surface area (Å²) in [7, 11) is 0. The fourth-order valence-electron chi connectivity index (χ4n) is 6.00. The number of carboxylic acid groups (broad SMARTS) is 1. The van der Waals surface area contributed by atoms with Gasteiger partial charge in [0, 0.05) is 30.6 Å². The highest BCUT2D eigenvalue weighted by Crippen LogP contribution is 2.66. The average Bonchev–Trinajstić information content (AvgIpc) is 3.38. The second-order valence-electron chi connectivity index (χ2n) is 8.98. The highest BCUT2D eigenvalue weighted by molar-refractivity contribution is 8.02. The van der Waals surface area contributed by atoms with Crippen LogP contribution in [-0.4, -0.2) is 68.6 Å². The molecule has 3 aliphatic rings. The summed E-state index contributed by atoms with van der Waals surface area (Å²) in [5.41, 5.74) is 2.71. The third kappa shape index (κ3) is 3.27. The zero-order chi connectivity index (χ0) is 23.2. The summed E-state index contributed by atoms with van der Waals surface area (Å²) in [4.78, 5) is 43.1. The van der Waals surface area contributed by atoms with Crippen molar-refractivity contribution in [3.8, 4) is 0 Å². The number of nitrogens with zero attached hydrogens (tertiary/aromatic N) is 2. The van der Waals surface area contributed by atoms with Crippen LogP contribution in [0.2, 0.25) is 0 Å². The minimum Gasteiger partial charge on any atom is -0.481 e. The summed E-state index contributed by atoms with van der Waals surface area (Å²) < 4.78 is -0.743. The molecule has 0 saturated carbocycles. The number of anilines is 1. The molecule has 5 atom stereocenters. The van der Waals surface area contributed by atoms with E-state index < -0.39 is 28.6 Å². The molecule has 1 aromatic rings. The van der Waals surface area contributed by atoms with Crippen LogP contribution in [0.15, 0.2) is 30.9 Å². The summed E-state index contributed by atoms with van der Waals surface area (Å²) in [5.74, 6) is -2.91. The van der Waals surface area contributed by atoms with Gasteiger partial charge in [0.25, 0.3) is 5.91 Å². The second kappa shape index (κ2) is 8.56. The lowest BCUT2D eigenvalue weighted by Crippen LogP contribution is -2.55. The van der Waals surface area contributed by atoms with E-state index in [1.54, 1.807) is 15.9 Å². The summed E-state index contributed by atoms with van der Waals surface area (Å²) in [6.45, 7) is 8.16. The van der Waals surface area contributed by atoms with Crippen molar-refractivity contribution in [1.29, 1.82) is 0 Å². The topological polar surface area (TPSA) is 98.2 Å². The van der Waals surface area contributed by atoms with E-state index in [0.717, 1.165) is 16.8 Å². The van der Waals surface area contributed by atoms with Crippen molar-refractivity contribution in [1.82, 2.24) is 4.90 Å². The van der Waals surface area contributed by atoms with Gasteiger partial charge in [-0.1, -0.05) is 24.3 Å². The summed E-state index contributed by atoms with van der Waals surface area (Å²) >= 11 is 1.52. The van der Waals surface area contributed by atoms with Gasteiger partial charge in [-0.25, -0.2) is 0 Å². The number of likely N-dealkylation sites (tertiary alicyclic amines) is 1. The molecule has 3 fully saturated rings. The molecule has 1 spiro atoms. The number of rotatable bonds is 8. The zero-order valence-corrected chi connectivity index (χ0v) is 19.3. The molecule has 2 unspecified atom stereocenters. The van der Waals surface area contributed by atoms with Crippen LogP contribution in [0.25, 0.3) is 0 Å². The lowest BCUT2D eigenvalue weighted by Gasteiger charge is -2.38. The first-order chi connectivity index (χ1) is 15.3. The number of benzene rings is 1. The fourth-order valence-corrected chi connectivity index (χ4v) is 8.20. The standard InChI is InChI=1S/C24H30N2O5S/c1-4-11-25(19-14(2)7-5-8-15(19)3)22(29)20-24-10-9-16(32-24)17(23(30)31)18(24)21(28)26(20)12-6-13-27/h4-5,7-8,16-18,20,27H,1,6,9-13H2,2-3H3,(H,30,31)/t16-,17+,18+,20?,24?/m1/s1. The smallest absolute Gasteiger partial charge is 0.308 e. The fraction of sp³-hybridized carbons (Fsp3) is 0.542. The van der Waals surface area contributed by atoms with Gasteiger partial charge >= 0.3 is 5.97 Å². The number of carbonyl (C=O) groups excluding carboxylic acids is 2. The van der Waals surface area contributed by atoms with Gasteiger partial charge in [-0.15, -0.1) is 18.3 Å². The highest BCUT2D eigenvalue weighted by Gasteiger charge is 2.74. The average molecular weight is 459 g/mol. The number of amides is 2. The molecular weight excluding hydrogens is 428 g/mol. The molecule has 0 radical (unpaired) electrons. The predicted molar refractivity (Wildman–Crippen MR) is 124 cm³/mol. The third-order valence-electron chi connectivity index (χ3n) is 7.16. The lowest BCUT2D eigenvalue weighted by molar-refractivity contribution is -0.148. The number of aliphatic carboxylic acids is 1. The minimum absolute atomic E-state index is 0.103. The van der Waals surface area contributed by atoms with Crippen molar-refractivity contribution in [3.63, 3.8) is 0 Å². The Morgan fingerprint density at radius 3 is 2.62 bits per heavy atom. The minimum atomic E-state index is -0.963. The van der Waals surface area contributed by atoms with Crippen LogP contribution in [0.5, 0.6) is 0 Å². The maximum absolute atomic E-state index is 14.2. The molecule has 1 aromatic carbocycles. The molecule has 8 heteroatoms. The van der Waals surface area contributed by atoms with Gasteiger partial charge in [0.15, 0.2) is 0 Å². The Morgan fingerprint density at radius 2 is 2.03 bits per heavy atom. The summed E-state index contributed by atoms with van der Waals surface area (Å²) in [6.07, 6.45) is 3.35. The largest absolute Gasteiger partial charge is 0.481 e. The van der Waals surface area contributed by atoms with Crippen molar-refractivity contribution < 1.29 is 24.6 Å². The first-order valence-corrected chi connectivity index (χ1v) is 12.0. The number of hydrogen-bond donors (Lipinski definition) is 2. The van der Waals surface area contributed by atoms with E-state index in [9.17, 15) is 24.6 Å². The number of carbonyl (C=O) groups is 3. The number of thioether (sulfide) groups is 1. The SMILES string of the molecule is C=CCN(C(=O)C1N(CCCO)C(=O)[C@@H]2[C@@H](C(=O)O)[C@H]3CCC12S3)c1c(C)cccc1C. The summed E-state index contributed by atoms with van der Waals surface area (Å²) in [6, 6.07) is 5.08. The van der Waals surface area contributed by atoms with Gasteiger partial charge in [-0.3, -0.25) is 14.4 Å². The molecule has 7 nitrogen and oxygen atoms in total. The van der Waals surface area contributed by atoms with Crippen molar-refractivity contribution >= 4 is 35.2 Å². The number of para-hydroxylation sites is 1. The normalized spacial score (nSPS) is 30.5. The van der Waals surface area contributed by atoms with Crippen LogP contribution in [0.4, 0.5) is 5.69 Å². The molecule has 4 rings (SSSR count). The Morgan fingerprint density at radius 1 is 1.34 bits per heavy atom. The third-order valence-corrected chi connectivity index (χ3v) is 9.12. The van der Waals surface area contributed by atoms with E-state index in [2.05, 4.69) is 6.58 Å². The van der Waals surface area contributed by atoms with Crippen LogP contribution in [0.3, 0.4) is 0 Å². The molecule has 2 bridgehead atoms. The first-order valence-electron chi connectivity index (χ1n) is 11.1. The number of aliphatic hydroxyl groups is 1. The Balaban J connectivity index is 1.81. The molecule has 3 aliphatic heterocycles. The lowest BCUT2D eigenvalue weighted by atomic mass is 9.71. The number of aliphatic hydroxyl groups excluding tert-OH is 1. The van der Waals surface area contributed by atoms with Gasteiger partial charge in [0.05, 0.1) is 16.6 Å². The number of hydrogen-bond acceptors (Lipinski definition) is 5. The Labute approximate surface area is 192 Å². The van der Waals surface area contributed by atoms with E-state index in [1.165, 1.54) is 11.8 Å². The van der Waals surface area contributed by atoms with Gasteiger partial charge in [0.2, 0.25) is 5.91 Å². The van der Waals surface area contributed by atoms with Crippen molar-refractivity contribution in [3.05, 3.63) is 42.0 Å². The van der Waals surface area contributed by atoms with Crippen molar-refractivity contribution in [2.45, 2.75) is 49.1 Å². The Kier molecular flexibility index (Phi) is 6.11. The first kappa shape index (κ1) is 22.9. The Hall–Kier alpha value is -2.32. The van der Waals surface area contributed by atoms with Gasteiger partial charge < -0.3 is 20.0 Å². The van der Waals surface area contributed by atoms with Crippen LogP contribution < -0.4 is 4.90 Å². The zero-order valence-electron chi connectivity index (χ0n) is 18.5. The molecule has 2 amide bonds. The van der Waals surface area contributed by atoms with Gasteiger partial charge in [-0.2, -0.15) is 0 Å². The maximum Gasteiger partial charge on any atom is 0.308 e. The maximum atomic E-state index is 14.2. The van der Waals surface area contributed by atoms with Crippen molar-refractivity contribution in [2.75, 3.05) is 24.6 Å². The quantitative estimate of drug-likeness (QED) is 0.581. The summed E-state index contributed by atoms with van der Waals surface area (Å²) in [5, 5.41) is 19.2. The van der Waals surface area contributed by atoms with E-state index in [4.69, 9.17) is 0 Å². The van der Waals surface area contributed by atoms with Gasteiger partial charge in [0.1, 0.15) is 6.04 Å². The molecule has 2 N–H and O–H groups in total. The molecule has 32 heavy (non-hydrogen) atoms. The molecule has 3 saturated heterocycles. The van der Waals surface area contributed by atoms with Crippen LogP contribution >= 0.6 is 11.8 Å². The van der Waals surface area contributed by atoms with Gasteiger partial charge in [-0.05, 0) is 44.2 Å². The molecule has 0 aliphatic carbocycles. The van der Waals surface area contributed by atoms with E-state index >= 15 is 0 Å². The molecule has 172 valence electrons. The van der Waals surface area contributed by atoms with Crippen molar-refractivity contribution in [2.24, 2.45) is 11.8 Å². The van der Waals surface area contributed by atoms with Crippen LogP contribution in [0.1, 0.15) is 30.4 Å². The van der Waals surface area contributed by atoms with Crippen LogP contribution in [-0.2, 0) is 14.4 Å².